The smallest absolute Gasteiger partial charge is 0.216 e. The minimum Gasteiger partial charge on any atom is -0.484 e. The molecule has 2 rings (SSSR count). The molecule has 1 heterocycles. The maximum Gasteiger partial charge on any atom is 0.216 e. The summed E-state index contributed by atoms with van der Waals surface area (Å²) in [7, 11) is 0. The second-order valence-electron chi connectivity index (χ2n) is 3.83. The molecule has 18 heavy (non-hydrogen) atoms. The Kier molecular flexibility index (Phi) is 4.09. The van der Waals surface area contributed by atoms with Gasteiger partial charge in [-0.2, -0.15) is 0 Å². The van der Waals surface area contributed by atoms with E-state index in [1.807, 2.05) is 13.0 Å². The zero-order valence-corrected chi connectivity index (χ0v) is 12.0. The summed E-state index contributed by atoms with van der Waals surface area (Å²) in [6.45, 7) is 1.84. The molecule has 5 heteroatoms. The van der Waals surface area contributed by atoms with Crippen molar-refractivity contribution in [2.75, 3.05) is 6.61 Å². The van der Waals surface area contributed by atoms with Crippen molar-refractivity contribution in [2.24, 2.45) is 0 Å². The van der Waals surface area contributed by atoms with E-state index in [4.69, 9.17) is 16.3 Å². The van der Waals surface area contributed by atoms with Gasteiger partial charge in [0.25, 0.3) is 0 Å². The highest BCUT2D eigenvalue weighted by Gasteiger charge is 2.11. The molecular weight excluding hydrogens is 318 g/mol. The molecule has 0 saturated heterocycles. The van der Waals surface area contributed by atoms with Gasteiger partial charge in [-0.3, -0.25) is 4.79 Å². The standard InChI is InChI=1S/C13H11BrClNO2/c1-8-5-9(14)6-10(15)13(8)18-7-12(17)11-3-2-4-16-11/h2-6,16H,7H2,1H3. The van der Waals surface area contributed by atoms with Crippen LogP contribution in [0.5, 0.6) is 5.75 Å². The number of halogens is 2. The number of rotatable bonds is 4. The number of nitrogens with one attached hydrogen (secondary N) is 1. The maximum absolute atomic E-state index is 11.8. The Bertz CT molecular complexity index is 543. The number of benzene rings is 1. The van der Waals surface area contributed by atoms with E-state index in [-0.39, 0.29) is 12.4 Å². The Hall–Kier alpha value is -1.26. The lowest BCUT2D eigenvalue weighted by atomic mass is 10.2. The summed E-state index contributed by atoms with van der Waals surface area (Å²) in [5.41, 5.74) is 1.41. The monoisotopic (exact) mass is 327 g/mol. The Labute approximate surface area is 118 Å². The van der Waals surface area contributed by atoms with Gasteiger partial charge in [0.15, 0.2) is 6.61 Å². The number of hydrogen-bond donors (Lipinski definition) is 1. The Balaban J connectivity index is 2.09. The summed E-state index contributed by atoms with van der Waals surface area (Å²) in [4.78, 5) is 14.6. The lowest BCUT2D eigenvalue weighted by molar-refractivity contribution is 0.0917. The summed E-state index contributed by atoms with van der Waals surface area (Å²) >= 11 is 9.42. The van der Waals surface area contributed by atoms with E-state index in [0.717, 1.165) is 10.0 Å². The van der Waals surface area contributed by atoms with Crippen molar-refractivity contribution < 1.29 is 9.53 Å². The highest BCUT2D eigenvalue weighted by Crippen LogP contribution is 2.31. The van der Waals surface area contributed by atoms with Crippen molar-refractivity contribution in [2.45, 2.75) is 6.92 Å². The second-order valence-corrected chi connectivity index (χ2v) is 5.15. The fourth-order valence-corrected chi connectivity index (χ4v) is 2.62. The molecule has 0 aliphatic heterocycles. The number of carbonyl (C=O) groups is 1. The number of aromatic amines is 1. The summed E-state index contributed by atoms with van der Waals surface area (Å²) in [5, 5.41) is 0.487. The predicted molar refractivity (Wildman–Crippen MR) is 74.5 cm³/mol. The molecule has 0 fully saturated rings. The van der Waals surface area contributed by atoms with Crippen molar-refractivity contribution in [3.05, 3.63) is 51.2 Å². The third-order valence-electron chi connectivity index (χ3n) is 2.44. The van der Waals surface area contributed by atoms with Crippen LogP contribution in [0, 0.1) is 6.92 Å². The fourth-order valence-electron chi connectivity index (χ4n) is 1.59. The molecule has 0 bridgehead atoms. The first-order valence-corrected chi connectivity index (χ1v) is 6.50. The molecule has 0 aliphatic carbocycles. The van der Waals surface area contributed by atoms with Crippen LogP contribution in [-0.2, 0) is 0 Å². The van der Waals surface area contributed by atoms with E-state index in [1.165, 1.54) is 0 Å². The summed E-state index contributed by atoms with van der Waals surface area (Å²) in [6, 6.07) is 7.11. The van der Waals surface area contributed by atoms with E-state index in [9.17, 15) is 4.79 Å². The van der Waals surface area contributed by atoms with Gasteiger partial charge < -0.3 is 9.72 Å². The van der Waals surface area contributed by atoms with Gasteiger partial charge in [0, 0.05) is 10.7 Å². The molecule has 0 saturated carbocycles. The van der Waals surface area contributed by atoms with Crippen LogP contribution >= 0.6 is 27.5 Å². The molecule has 0 spiro atoms. The first-order chi connectivity index (χ1) is 8.58. The quantitative estimate of drug-likeness (QED) is 0.862. The number of aromatic nitrogens is 1. The fraction of sp³-hybridized carbons (Fsp3) is 0.154. The molecule has 0 atom stereocenters. The SMILES string of the molecule is Cc1cc(Br)cc(Cl)c1OCC(=O)c1ccc[nH]1. The number of carbonyl (C=O) groups excluding carboxylic acids is 1. The molecule has 0 amide bonds. The van der Waals surface area contributed by atoms with E-state index in [2.05, 4.69) is 20.9 Å². The number of Topliss-reactive ketones (excluding diaryl/α,β-unsaturated/α-hetero) is 1. The molecule has 2 aromatic rings. The van der Waals surface area contributed by atoms with E-state index in [0.29, 0.717) is 16.5 Å². The third-order valence-corrected chi connectivity index (χ3v) is 3.18. The number of hydrogen-bond acceptors (Lipinski definition) is 2. The zero-order valence-electron chi connectivity index (χ0n) is 9.67. The maximum atomic E-state index is 11.8. The minimum absolute atomic E-state index is 0.0390. The predicted octanol–water partition coefficient (Wildman–Crippen LogP) is 4.00. The average Bonchev–Trinajstić information content (AvgIpc) is 2.80. The van der Waals surface area contributed by atoms with Crippen molar-refractivity contribution in [3.8, 4) is 5.75 Å². The number of ether oxygens (including phenoxy) is 1. The average molecular weight is 329 g/mol. The van der Waals surface area contributed by atoms with Crippen LogP contribution in [0.4, 0.5) is 0 Å². The van der Waals surface area contributed by atoms with Gasteiger partial charge in [-0.05, 0) is 36.8 Å². The van der Waals surface area contributed by atoms with E-state index in [1.54, 1.807) is 24.4 Å². The van der Waals surface area contributed by atoms with Crippen molar-refractivity contribution in [1.29, 1.82) is 0 Å². The van der Waals surface area contributed by atoms with Gasteiger partial charge in [-0.1, -0.05) is 27.5 Å². The number of aryl methyl sites for hydroxylation is 1. The van der Waals surface area contributed by atoms with Crippen molar-refractivity contribution in [1.82, 2.24) is 4.98 Å². The topological polar surface area (TPSA) is 42.1 Å². The lowest BCUT2D eigenvalue weighted by Crippen LogP contribution is -2.12. The molecule has 3 nitrogen and oxygen atoms in total. The lowest BCUT2D eigenvalue weighted by Gasteiger charge is -2.10. The van der Waals surface area contributed by atoms with Crippen LogP contribution in [0.25, 0.3) is 0 Å². The Morgan fingerprint density at radius 1 is 1.50 bits per heavy atom. The van der Waals surface area contributed by atoms with Gasteiger partial charge in [-0.25, -0.2) is 0 Å². The normalized spacial score (nSPS) is 10.4. The molecule has 1 aromatic heterocycles. The highest BCUT2D eigenvalue weighted by molar-refractivity contribution is 9.10. The van der Waals surface area contributed by atoms with Gasteiger partial charge in [0.1, 0.15) is 5.75 Å². The second kappa shape index (κ2) is 5.59. The van der Waals surface area contributed by atoms with E-state index >= 15 is 0 Å². The largest absolute Gasteiger partial charge is 0.484 e. The summed E-state index contributed by atoms with van der Waals surface area (Å²) < 4.78 is 6.37. The molecule has 0 radical (unpaired) electrons. The van der Waals surface area contributed by atoms with Crippen molar-refractivity contribution in [3.63, 3.8) is 0 Å². The van der Waals surface area contributed by atoms with Crippen LogP contribution in [0.3, 0.4) is 0 Å². The number of ketones is 1. The van der Waals surface area contributed by atoms with Crippen LogP contribution < -0.4 is 4.74 Å². The molecule has 1 aromatic carbocycles. The van der Waals surface area contributed by atoms with Gasteiger partial charge >= 0.3 is 0 Å². The first-order valence-electron chi connectivity index (χ1n) is 5.33. The highest BCUT2D eigenvalue weighted by atomic mass is 79.9. The summed E-state index contributed by atoms with van der Waals surface area (Å²) in [6.07, 6.45) is 1.70. The third kappa shape index (κ3) is 2.94. The van der Waals surface area contributed by atoms with Gasteiger partial charge in [0.05, 0.1) is 10.7 Å². The Morgan fingerprint density at radius 2 is 2.28 bits per heavy atom. The van der Waals surface area contributed by atoms with Crippen LogP contribution in [-0.4, -0.2) is 17.4 Å². The van der Waals surface area contributed by atoms with Crippen LogP contribution in [0.2, 0.25) is 5.02 Å². The number of H-pyrrole nitrogens is 1. The molecule has 1 N–H and O–H groups in total. The molecule has 94 valence electrons. The molecular formula is C13H11BrClNO2. The minimum atomic E-state index is -0.113. The van der Waals surface area contributed by atoms with Crippen LogP contribution in [0.15, 0.2) is 34.9 Å². The van der Waals surface area contributed by atoms with Gasteiger partial charge in [0.2, 0.25) is 5.78 Å². The first kappa shape index (κ1) is 13.2. The molecule has 0 unspecified atom stereocenters. The summed E-state index contributed by atoms with van der Waals surface area (Å²) in [5.74, 6) is 0.429. The zero-order chi connectivity index (χ0) is 13.1. The van der Waals surface area contributed by atoms with Crippen molar-refractivity contribution >= 4 is 33.3 Å². The Morgan fingerprint density at radius 3 is 2.89 bits per heavy atom. The van der Waals surface area contributed by atoms with Gasteiger partial charge in [-0.15, -0.1) is 0 Å². The van der Waals surface area contributed by atoms with Crippen LogP contribution in [0.1, 0.15) is 16.1 Å². The molecule has 0 aliphatic rings. The van der Waals surface area contributed by atoms with E-state index < -0.39 is 0 Å².